The first kappa shape index (κ1) is 18.5. The number of hydrogen-bond donors (Lipinski definition) is 3. The molecule has 0 fully saturated rings. The number of carbonyl (C=O) groups excluding carboxylic acids is 1. The van der Waals surface area contributed by atoms with Crippen LogP contribution in [0.3, 0.4) is 0 Å². The Kier molecular flexibility index (Phi) is 5.77. The molecule has 0 aliphatic carbocycles. The molecule has 1 unspecified atom stereocenters. The minimum Gasteiger partial charge on any atom is -0.493 e. The van der Waals surface area contributed by atoms with Crippen LogP contribution >= 0.6 is 0 Å². The molecule has 2 rings (SSSR count). The first-order chi connectivity index (χ1) is 11.8. The summed E-state index contributed by atoms with van der Waals surface area (Å²) in [4.78, 5) is 23.2. The molecule has 2 aromatic rings. The first-order valence-electron chi connectivity index (χ1n) is 7.91. The van der Waals surface area contributed by atoms with Crippen molar-refractivity contribution in [2.45, 2.75) is 19.4 Å². The summed E-state index contributed by atoms with van der Waals surface area (Å²) in [5.74, 6) is -1.14. The van der Waals surface area contributed by atoms with E-state index in [0.29, 0.717) is 12.2 Å². The van der Waals surface area contributed by atoms with Crippen molar-refractivity contribution in [1.82, 2.24) is 5.32 Å². The third kappa shape index (κ3) is 4.58. The van der Waals surface area contributed by atoms with Crippen molar-refractivity contribution < 1.29 is 24.5 Å². The predicted molar refractivity (Wildman–Crippen MR) is 93.6 cm³/mol. The van der Waals surface area contributed by atoms with Gasteiger partial charge in [-0.25, -0.2) is 4.79 Å². The van der Waals surface area contributed by atoms with E-state index in [1.807, 2.05) is 37.3 Å². The number of para-hydroxylation sites is 1. The van der Waals surface area contributed by atoms with Gasteiger partial charge in [0.25, 0.3) is 5.91 Å². The third-order valence-electron chi connectivity index (χ3n) is 3.68. The Morgan fingerprint density at radius 2 is 1.88 bits per heavy atom. The quantitative estimate of drug-likeness (QED) is 0.717. The van der Waals surface area contributed by atoms with Crippen LogP contribution in [-0.2, 0) is 4.79 Å². The van der Waals surface area contributed by atoms with Crippen LogP contribution in [0.5, 0.6) is 5.75 Å². The fourth-order valence-electron chi connectivity index (χ4n) is 2.24. The summed E-state index contributed by atoms with van der Waals surface area (Å²) in [6.45, 7) is 3.17. The van der Waals surface area contributed by atoms with Gasteiger partial charge in [-0.2, -0.15) is 0 Å². The molecule has 0 aromatic heterocycles. The molecule has 2 aromatic carbocycles. The van der Waals surface area contributed by atoms with Crippen LogP contribution in [0.25, 0.3) is 11.1 Å². The lowest BCUT2D eigenvalue weighted by Crippen LogP contribution is -2.46. The van der Waals surface area contributed by atoms with E-state index >= 15 is 0 Å². The number of carboxylic acid groups (broad SMARTS) is 1. The van der Waals surface area contributed by atoms with Gasteiger partial charge in [-0.15, -0.1) is 0 Å². The van der Waals surface area contributed by atoms with Crippen molar-refractivity contribution in [3.63, 3.8) is 0 Å². The Hall–Kier alpha value is -2.86. The van der Waals surface area contributed by atoms with Crippen molar-refractivity contribution in [1.29, 1.82) is 0 Å². The fourth-order valence-corrected chi connectivity index (χ4v) is 2.24. The minimum atomic E-state index is -2.02. The van der Waals surface area contributed by atoms with Gasteiger partial charge >= 0.3 is 5.97 Å². The zero-order valence-corrected chi connectivity index (χ0v) is 14.2. The molecule has 1 amide bonds. The number of carboxylic acids is 1. The summed E-state index contributed by atoms with van der Waals surface area (Å²) >= 11 is 0. The average molecular weight is 343 g/mol. The molecule has 132 valence electrons. The minimum absolute atomic E-state index is 0.366. The lowest BCUT2D eigenvalue weighted by atomic mass is 10.0. The molecule has 0 saturated heterocycles. The second-order valence-electron chi connectivity index (χ2n) is 5.77. The Morgan fingerprint density at radius 1 is 1.16 bits per heavy atom. The highest BCUT2D eigenvalue weighted by Gasteiger charge is 2.30. The zero-order chi connectivity index (χ0) is 18.4. The number of amides is 1. The SMILES string of the molecule is CCOc1ccccc1-c1cccc(C(=O)NCC(C)(O)C(=O)O)c1. The maximum Gasteiger partial charge on any atom is 0.337 e. The summed E-state index contributed by atoms with van der Waals surface area (Å²) < 4.78 is 5.61. The summed E-state index contributed by atoms with van der Waals surface area (Å²) in [6, 6.07) is 14.4. The van der Waals surface area contributed by atoms with Crippen molar-refractivity contribution in [2.75, 3.05) is 13.2 Å². The van der Waals surface area contributed by atoms with Crippen molar-refractivity contribution in [3.05, 3.63) is 54.1 Å². The molecule has 6 nitrogen and oxygen atoms in total. The van der Waals surface area contributed by atoms with Crippen LogP contribution in [0.4, 0.5) is 0 Å². The molecule has 0 aliphatic rings. The number of rotatable bonds is 7. The molecule has 25 heavy (non-hydrogen) atoms. The number of hydrogen-bond acceptors (Lipinski definition) is 4. The molecule has 6 heteroatoms. The molecule has 0 bridgehead atoms. The van der Waals surface area contributed by atoms with E-state index in [1.54, 1.807) is 18.2 Å². The van der Waals surface area contributed by atoms with E-state index in [-0.39, 0.29) is 6.54 Å². The molecule has 0 radical (unpaired) electrons. The maximum atomic E-state index is 12.3. The Morgan fingerprint density at radius 3 is 2.56 bits per heavy atom. The van der Waals surface area contributed by atoms with Crippen LogP contribution in [0.2, 0.25) is 0 Å². The largest absolute Gasteiger partial charge is 0.493 e. The number of aliphatic hydroxyl groups is 1. The molecular formula is C19H21NO5. The molecule has 0 aliphatic heterocycles. The van der Waals surface area contributed by atoms with Crippen LogP contribution in [0.1, 0.15) is 24.2 Å². The zero-order valence-electron chi connectivity index (χ0n) is 14.2. The van der Waals surface area contributed by atoms with Crippen molar-refractivity contribution >= 4 is 11.9 Å². The van der Waals surface area contributed by atoms with E-state index in [2.05, 4.69) is 5.32 Å². The van der Waals surface area contributed by atoms with Gasteiger partial charge in [-0.1, -0.05) is 30.3 Å². The topological polar surface area (TPSA) is 95.9 Å². The molecule has 3 N–H and O–H groups in total. The summed E-state index contributed by atoms with van der Waals surface area (Å²) in [7, 11) is 0. The van der Waals surface area contributed by atoms with E-state index in [1.165, 1.54) is 0 Å². The van der Waals surface area contributed by atoms with Gasteiger partial charge in [0.15, 0.2) is 5.60 Å². The number of carbonyl (C=O) groups is 2. The highest BCUT2D eigenvalue weighted by Crippen LogP contribution is 2.30. The number of nitrogens with one attached hydrogen (secondary N) is 1. The summed E-state index contributed by atoms with van der Waals surface area (Å²) in [5.41, 5.74) is 0.0117. The smallest absolute Gasteiger partial charge is 0.337 e. The second kappa shape index (κ2) is 7.81. The van der Waals surface area contributed by atoms with Crippen molar-refractivity contribution in [3.8, 4) is 16.9 Å². The van der Waals surface area contributed by atoms with Crippen molar-refractivity contribution in [2.24, 2.45) is 0 Å². The van der Waals surface area contributed by atoms with E-state index in [4.69, 9.17) is 9.84 Å². The summed E-state index contributed by atoms with van der Waals surface area (Å²) in [6.07, 6.45) is 0. The van der Waals surface area contributed by atoms with Crippen LogP contribution in [-0.4, -0.2) is 40.8 Å². The standard InChI is InChI=1S/C19H21NO5/c1-3-25-16-10-5-4-9-15(16)13-7-6-8-14(11-13)17(21)20-12-19(2,24)18(22)23/h4-11,24H,3,12H2,1-2H3,(H,20,21)(H,22,23). The normalized spacial score (nSPS) is 12.9. The number of benzene rings is 2. The maximum absolute atomic E-state index is 12.3. The molecule has 0 saturated carbocycles. The fraction of sp³-hybridized carbons (Fsp3) is 0.263. The van der Waals surface area contributed by atoms with Gasteiger partial charge in [-0.3, -0.25) is 4.79 Å². The number of ether oxygens (including phenoxy) is 1. The van der Waals surface area contributed by atoms with Gasteiger partial charge in [0.1, 0.15) is 5.75 Å². The molecular weight excluding hydrogens is 322 g/mol. The molecule has 1 atom stereocenters. The lowest BCUT2D eigenvalue weighted by Gasteiger charge is -2.18. The van der Waals surface area contributed by atoms with Crippen LogP contribution < -0.4 is 10.1 Å². The van der Waals surface area contributed by atoms with Crippen LogP contribution in [0.15, 0.2) is 48.5 Å². The predicted octanol–water partition coefficient (Wildman–Crippen LogP) is 2.32. The van der Waals surface area contributed by atoms with E-state index in [0.717, 1.165) is 23.8 Å². The average Bonchev–Trinajstić information content (AvgIpc) is 2.60. The Balaban J connectivity index is 2.22. The monoisotopic (exact) mass is 343 g/mol. The van der Waals surface area contributed by atoms with E-state index in [9.17, 15) is 14.7 Å². The summed E-state index contributed by atoms with van der Waals surface area (Å²) in [5, 5.41) is 21.0. The van der Waals surface area contributed by atoms with Gasteiger partial charge in [0.05, 0.1) is 13.2 Å². The van der Waals surface area contributed by atoms with Crippen LogP contribution in [0, 0.1) is 0 Å². The van der Waals surface area contributed by atoms with Gasteiger partial charge in [0.2, 0.25) is 0 Å². The lowest BCUT2D eigenvalue weighted by molar-refractivity contribution is -0.155. The van der Waals surface area contributed by atoms with E-state index < -0.39 is 17.5 Å². The highest BCUT2D eigenvalue weighted by atomic mass is 16.5. The molecule has 0 spiro atoms. The van der Waals surface area contributed by atoms with Gasteiger partial charge < -0.3 is 20.3 Å². The second-order valence-corrected chi connectivity index (χ2v) is 5.77. The van der Waals surface area contributed by atoms with Gasteiger partial charge in [-0.05, 0) is 37.6 Å². The third-order valence-corrected chi connectivity index (χ3v) is 3.68. The molecule has 0 heterocycles. The highest BCUT2D eigenvalue weighted by molar-refractivity contribution is 5.96. The Bertz CT molecular complexity index is 770. The first-order valence-corrected chi connectivity index (χ1v) is 7.91. The number of aliphatic carboxylic acids is 1. The van der Waals surface area contributed by atoms with Gasteiger partial charge in [0, 0.05) is 11.1 Å². The Labute approximate surface area is 146 Å².